The van der Waals surface area contributed by atoms with Crippen molar-refractivity contribution in [2.24, 2.45) is 0 Å². The second-order valence-corrected chi connectivity index (χ2v) is 4.92. The minimum atomic E-state index is -1.26. The molecule has 1 saturated carbocycles. The first-order chi connectivity index (χ1) is 5.77. The van der Waals surface area contributed by atoms with Gasteiger partial charge in [0.15, 0.2) is 5.66 Å². The third-order valence-electron chi connectivity index (χ3n) is 1.85. The van der Waals surface area contributed by atoms with Crippen molar-refractivity contribution < 1.29 is 4.57 Å². The Labute approximate surface area is 72.0 Å². The standard InChI is InChI=1S/C8H10N2OP/c1-6-4-9-5-8(10-6)12(11)7-2-3-7/h4-5,7H,2-3H2,1H3/q+1. The SMILES string of the molecule is Cc1cncc([P+](=O)C2CC2)n1. The maximum atomic E-state index is 11.6. The Bertz CT molecular complexity index is 323. The van der Waals surface area contributed by atoms with Crippen LogP contribution in [0.3, 0.4) is 0 Å². The van der Waals surface area contributed by atoms with E-state index in [1.165, 1.54) is 0 Å². The van der Waals surface area contributed by atoms with E-state index in [9.17, 15) is 4.57 Å². The van der Waals surface area contributed by atoms with E-state index in [0.717, 1.165) is 18.5 Å². The van der Waals surface area contributed by atoms with Crippen LogP contribution in [0.15, 0.2) is 12.4 Å². The van der Waals surface area contributed by atoms with Crippen LogP contribution < -0.4 is 5.44 Å². The summed E-state index contributed by atoms with van der Waals surface area (Å²) in [6.45, 7) is 1.87. The molecule has 1 aliphatic rings. The second kappa shape index (κ2) is 2.91. The fourth-order valence-electron chi connectivity index (χ4n) is 1.05. The van der Waals surface area contributed by atoms with Gasteiger partial charge in [-0.2, -0.15) is 0 Å². The Morgan fingerprint density at radius 3 is 2.83 bits per heavy atom. The number of hydrogen-bond donors (Lipinski definition) is 0. The summed E-state index contributed by atoms with van der Waals surface area (Å²) in [4.78, 5) is 8.16. The predicted molar refractivity (Wildman–Crippen MR) is 47.0 cm³/mol. The second-order valence-electron chi connectivity index (χ2n) is 3.08. The van der Waals surface area contributed by atoms with Gasteiger partial charge in [0, 0.05) is 6.20 Å². The molecule has 0 spiro atoms. The van der Waals surface area contributed by atoms with E-state index in [1.807, 2.05) is 6.92 Å². The van der Waals surface area contributed by atoms with E-state index in [1.54, 1.807) is 12.4 Å². The number of nitrogens with zero attached hydrogens (tertiary/aromatic N) is 2. The lowest BCUT2D eigenvalue weighted by Gasteiger charge is -1.88. The van der Waals surface area contributed by atoms with E-state index in [4.69, 9.17) is 0 Å². The summed E-state index contributed by atoms with van der Waals surface area (Å²) in [5.74, 6) is 0. The van der Waals surface area contributed by atoms with Crippen LogP contribution in [-0.2, 0) is 4.57 Å². The summed E-state index contributed by atoms with van der Waals surface area (Å²) in [6.07, 6.45) is 5.47. The highest BCUT2D eigenvalue weighted by Crippen LogP contribution is 2.43. The molecule has 62 valence electrons. The molecule has 1 aromatic rings. The van der Waals surface area contributed by atoms with Crippen molar-refractivity contribution in [2.75, 3.05) is 0 Å². The van der Waals surface area contributed by atoms with Gasteiger partial charge in [-0.05, 0) is 19.8 Å². The molecule has 1 heterocycles. The number of hydrogen-bond acceptors (Lipinski definition) is 3. The molecule has 4 heteroatoms. The quantitative estimate of drug-likeness (QED) is 0.647. The lowest BCUT2D eigenvalue weighted by atomic mass is 10.5. The average molecular weight is 181 g/mol. The minimum Gasteiger partial charge on any atom is -0.256 e. The van der Waals surface area contributed by atoms with Gasteiger partial charge < -0.3 is 0 Å². The lowest BCUT2D eigenvalue weighted by molar-refractivity contribution is 0.592. The Kier molecular flexibility index (Phi) is 1.89. The zero-order valence-electron chi connectivity index (χ0n) is 6.90. The van der Waals surface area contributed by atoms with Gasteiger partial charge in [0.2, 0.25) is 0 Å². The normalized spacial score (nSPS) is 17.6. The molecule has 0 N–H and O–H groups in total. The molecule has 1 aliphatic carbocycles. The van der Waals surface area contributed by atoms with Crippen LogP contribution in [-0.4, -0.2) is 15.6 Å². The summed E-state index contributed by atoms with van der Waals surface area (Å²) in [7, 11) is -1.26. The van der Waals surface area contributed by atoms with E-state index < -0.39 is 7.80 Å². The fourth-order valence-corrected chi connectivity index (χ4v) is 2.48. The van der Waals surface area contributed by atoms with Crippen molar-refractivity contribution in [3.8, 4) is 0 Å². The molecule has 1 aromatic heterocycles. The van der Waals surface area contributed by atoms with Crippen molar-refractivity contribution in [1.82, 2.24) is 9.97 Å². The third-order valence-corrected chi connectivity index (χ3v) is 3.69. The fraction of sp³-hybridized carbons (Fsp3) is 0.500. The molecular weight excluding hydrogens is 171 g/mol. The average Bonchev–Trinajstić information content (AvgIpc) is 2.85. The summed E-state index contributed by atoms with van der Waals surface area (Å²) in [6, 6.07) is 0. The Balaban J connectivity index is 2.26. The number of aryl methyl sites for hydroxylation is 1. The summed E-state index contributed by atoms with van der Waals surface area (Å²) < 4.78 is 11.6. The first-order valence-electron chi connectivity index (χ1n) is 4.02. The minimum absolute atomic E-state index is 0.385. The molecular formula is C8H10N2OP+. The van der Waals surface area contributed by atoms with Crippen LogP contribution in [0.2, 0.25) is 0 Å². The van der Waals surface area contributed by atoms with Gasteiger partial charge in [-0.3, -0.25) is 4.98 Å². The van der Waals surface area contributed by atoms with Crippen LogP contribution in [0.25, 0.3) is 0 Å². The highest BCUT2D eigenvalue weighted by atomic mass is 31.1. The van der Waals surface area contributed by atoms with E-state index in [-0.39, 0.29) is 0 Å². The maximum absolute atomic E-state index is 11.6. The lowest BCUT2D eigenvalue weighted by Crippen LogP contribution is -2.06. The number of aromatic nitrogens is 2. The summed E-state index contributed by atoms with van der Waals surface area (Å²) in [5.41, 5.74) is 1.90. The van der Waals surface area contributed by atoms with Crippen LogP contribution in [0.5, 0.6) is 0 Å². The highest BCUT2D eigenvalue weighted by Gasteiger charge is 2.43. The van der Waals surface area contributed by atoms with E-state index in [0.29, 0.717) is 11.1 Å². The predicted octanol–water partition coefficient (Wildman–Crippen LogP) is 1.40. The van der Waals surface area contributed by atoms with Gasteiger partial charge in [0.1, 0.15) is 6.20 Å². The van der Waals surface area contributed by atoms with Crippen LogP contribution in [0.4, 0.5) is 0 Å². The zero-order chi connectivity index (χ0) is 8.55. The molecule has 0 aromatic carbocycles. The molecule has 0 saturated heterocycles. The van der Waals surface area contributed by atoms with Crippen molar-refractivity contribution >= 4 is 13.2 Å². The first-order valence-corrected chi connectivity index (χ1v) is 5.35. The van der Waals surface area contributed by atoms with Crippen LogP contribution in [0, 0.1) is 6.92 Å². The zero-order valence-corrected chi connectivity index (χ0v) is 7.79. The van der Waals surface area contributed by atoms with Gasteiger partial charge >= 0.3 is 7.80 Å². The number of rotatable bonds is 2. The Morgan fingerprint density at radius 1 is 1.50 bits per heavy atom. The van der Waals surface area contributed by atoms with Crippen LogP contribution in [0.1, 0.15) is 18.5 Å². The Hall–Kier alpha value is -0.820. The Morgan fingerprint density at radius 2 is 2.25 bits per heavy atom. The molecule has 0 amide bonds. The largest absolute Gasteiger partial charge is 0.401 e. The molecule has 3 nitrogen and oxygen atoms in total. The summed E-state index contributed by atoms with van der Waals surface area (Å²) >= 11 is 0. The molecule has 0 aliphatic heterocycles. The summed E-state index contributed by atoms with van der Waals surface area (Å²) in [5, 5.41) is 0. The molecule has 12 heavy (non-hydrogen) atoms. The van der Waals surface area contributed by atoms with E-state index >= 15 is 0 Å². The molecule has 1 fully saturated rings. The van der Waals surface area contributed by atoms with Crippen molar-refractivity contribution in [3.63, 3.8) is 0 Å². The van der Waals surface area contributed by atoms with Crippen molar-refractivity contribution in [3.05, 3.63) is 18.1 Å². The monoisotopic (exact) mass is 181 g/mol. The molecule has 0 bridgehead atoms. The van der Waals surface area contributed by atoms with Crippen molar-refractivity contribution in [1.29, 1.82) is 0 Å². The van der Waals surface area contributed by atoms with Crippen molar-refractivity contribution in [2.45, 2.75) is 25.4 Å². The van der Waals surface area contributed by atoms with Gasteiger partial charge in [-0.15, -0.1) is 0 Å². The topological polar surface area (TPSA) is 42.9 Å². The van der Waals surface area contributed by atoms with Gasteiger partial charge in [0.05, 0.1) is 5.69 Å². The van der Waals surface area contributed by atoms with Gasteiger partial charge in [-0.1, -0.05) is 4.57 Å². The first kappa shape index (κ1) is 7.81. The molecule has 2 rings (SSSR count). The highest BCUT2D eigenvalue weighted by molar-refractivity contribution is 7.54. The molecule has 0 radical (unpaired) electrons. The molecule has 1 atom stereocenters. The molecule has 1 unspecified atom stereocenters. The van der Waals surface area contributed by atoms with Gasteiger partial charge in [-0.25, -0.2) is 4.98 Å². The van der Waals surface area contributed by atoms with Crippen LogP contribution >= 0.6 is 7.80 Å². The maximum Gasteiger partial charge on any atom is 0.401 e. The smallest absolute Gasteiger partial charge is 0.256 e. The third kappa shape index (κ3) is 1.51. The van der Waals surface area contributed by atoms with Gasteiger partial charge in [0.25, 0.3) is 5.44 Å². The van der Waals surface area contributed by atoms with E-state index in [2.05, 4.69) is 9.97 Å².